The minimum Gasteiger partial charge on any atom is -0.381 e. The quantitative estimate of drug-likeness (QED) is 0.0702. The molecule has 3 fully saturated rings. The highest BCUT2D eigenvalue weighted by atomic mass is 19.1. The highest BCUT2D eigenvalue weighted by Gasteiger charge is 2.29. The summed E-state index contributed by atoms with van der Waals surface area (Å²) in [5, 5.41) is 18.4. The number of aromatic amines is 1. The number of hydrogen-bond donors (Lipinski definition) is 4. The van der Waals surface area contributed by atoms with Gasteiger partial charge >= 0.3 is 0 Å². The number of imide groups is 1. The molecule has 12 nitrogen and oxygen atoms in total. The summed E-state index contributed by atoms with van der Waals surface area (Å²) < 4.78 is 35.4. The van der Waals surface area contributed by atoms with Gasteiger partial charge in [0.2, 0.25) is 11.8 Å². The van der Waals surface area contributed by atoms with E-state index in [-0.39, 0.29) is 29.8 Å². The number of hydrogen-bond acceptors (Lipinski definition) is 8. The fourth-order valence-electron chi connectivity index (χ4n) is 8.98. The van der Waals surface area contributed by atoms with Crippen LogP contribution in [0.5, 0.6) is 0 Å². The van der Waals surface area contributed by atoms with E-state index in [1.807, 2.05) is 41.1 Å². The van der Waals surface area contributed by atoms with Crippen LogP contribution >= 0.6 is 0 Å². The highest BCUT2D eigenvalue weighted by Crippen LogP contribution is 2.31. The predicted octanol–water partition coefficient (Wildman–Crippen LogP) is 7.35. The molecule has 0 radical (unpaired) electrons. The van der Waals surface area contributed by atoms with Gasteiger partial charge in [0.25, 0.3) is 5.91 Å². The van der Waals surface area contributed by atoms with Crippen LogP contribution in [0.2, 0.25) is 0 Å². The molecule has 0 spiro atoms. The van der Waals surface area contributed by atoms with Gasteiger partial charge in [-0.15, -0.1) is 0 Å². The van der Waals surface area contributed by atoms with E-state index in [4.69, 9.17) is 4.74 Å². The third kappa shape index (κ3) is 9.30. The summed E-state index contributed by atoms with van der Waals surface area (Å²) in [7, 11) is 0. The number of amides is 3. The second-order valence-electron chi connectivity index (χ2n) is 16.5. The van der Waals surface area contributed by atoms with Crippen molar-refractivity contribution in [3.05, 3.63) is 119 Å². The zero-order valence-corrected chi connectivity index (χ0v) is 34.0. The molecule has 3 saturated heterocycles. The summed E-state index contributed by atoms with van der Waals surface area (Å²) in [6.07, 6.45) is 8.00. The third-order valence-corrected chi connectivity index (χ3v) is 12.3. The van der Waals surface area contributed by atoms with Gasteiger partial charge in [-0.3, -0.25) is 29.7 Å². The average Bonchev–Trinajstić information content (AvgIpc) is 3.86. The molecule has 61 heavy (non-hydrogen) atoms. The van der Waals surface area contributed by atoms with Crippen molar-refractivity contribution in [3.63, 3.8) is 0 Å². The summed E-state index contributed by atoms with van der Waals surface area (Å²) in [6.45, 7) is 6.03. The van der Waals surface area contributed by atoms with E-state index in [1.165, 1.54) is 17.7 Å². The zero-order valence-electron chi connectivity index (χ0n) is 34.0. The Hall–Kier alpha value is -6.12. The van der Waals surface area contributed by atoms with E-state index >= 15 is 0 Å². The van der Waals surface area contributed by atoms with Crippen LogP contribution in [0.1, 0.15) is 71.6 Å². The molecule has 14 heteroatoms. The van der Waals surface area contributed by atoms with Crippen molar-refractivity contribution >= 4 is 56.7 Å². The maximum atomic E-state index is 14.0. The van der Waals surface area contributed by atoms with Crippen molar-refractivity contribution in [3.8, 4) is 0 Å². The largest absolute Gasteiger partial charge is 0.381 e. The van der Waals surface area contributed by atoms with Gasteiger partial charge in [-0.1, -0.05) is 12.1 Å². The van der Waals surface area contributed by atoms with Crippen LogP contribution in [0.3, 0.4) is 0 Å². The summed E-state index contributed by atoms with van der Waals surface area (Å²) in [4.78, 5) is 43.0. The van der Waals surface area contributed by atoms with E-state index < -0.39 is 11.6 Å². The number of nitrogens with one attached hydrogen (secondary N) is 4. The predicted molar refractivity (Wildman–Crippen MR) is 232 cm³/mol. The van der Waals surface area contributed by atoms with Crippen LogP contribution < -0.4 is 20.9 Å². The van der Waals surface area contributed by atoms with E-state index in [0.717, 1.165) is 104 Å². The lowest BCUT2D eigenvalue weighted by atomic mass is 10.0. The molecule has 3 amide bonds. The topological polar surface area (TPSA) is 137 Å². The second kappa shape index (κ2) is 17.8. The molecule has 1 atom stereocenters. The molecule has 2 aromatic heterocycles. The number of piperidine rings is 1. The molecule has 0 saturated carbocycles. The molecule has 3 aliphatic heterocycles. The lowest BCUT2D eigenvalue weighted by Gasteiger charge is -2.36. The summed E-state index contributed by atoms with van der Waals surface area (Å²) in [5.74, 6) is -1.59. The number of unbranched alkanes of at least 4 members (excludes halogenated alkanes) is 1. The number of aryl methyl sites for hydroxylation is 1. The van der Waals surface area contributed by atoms with E-state index in [1.54, 1.807) is 0 Å². The Kier molecular flexibility index (Phi) is 11.8. The van der Waals surface area contributed by atoms with Crippen molar-refractivity contribution in [2.24, 2.45) is 0 Å². The number of piperazine rings is 1. The van der Waals surface area contributed by atoms with Gasteiger partial charge in [0.15, 0.2) is 5.82 Å². The molecule has 4 aromatic carbocycles. The monoisotopic (exact) mass is 828 g/mol. The average molecular weight is 829 g/mol. The van der Waals surface area contributed by atoms with E-state index in [2.05, 4.69) is 66.3 Å². The molecule has 4 N–H and O–H groups in total. The first kappa shape index (κ1) is 40.3. The highest BCUT2D eigenvalue weighted by molar-refractivity contribution is 6.11. The van der Waals surface area contributed by atoms with Gasteiger partial charge in [0, 0.05) is 86.4 Å². The fraction of sp³-hybridized carbons (Fsp3) is 0.362. The molecule has 0 aliphatic carbocycles. The second-order valence-corrected chi connectivity index (χ2v) is 16.5. The van der Waals surface area contributed by atoms with Crippen molar-refractivity contribution in [1.82, 2.24) is 25.0 Å². The standard InChI is InChI=1S/C47H50F2N8O4/c48-34-25-32(26-35(49)28-34)23-31-4-8-40-39(27-31)45(54-53-40)52-46(59)38-7-6-37(29-41(38)50-36-13-21-61-22-14-36)56-19-17-55(18-20-56)15-2-1-3-30-5-9-42-33(24-30)12-16-57(42)43-10-11-44(58)51-47(43)60/h4-9,12,16,24-29,36,43,50H,1-3,10-11,13-15,17-23H2,(H,51,58,60)(H2,52,53,54,59). The number of anilines is 3. The first-order valence-corrected chi connectivity index (χ1v) is 21.3. The Balaban J connectivity index is 0.808. The molecular formula is C47H50F2N8O4. The summed E-state index contributed by atoms with van der Waals surface area (Å²) in [5.41, 5.74) is 6.72. The first-order chi connectivity index (χ1) is 29.7. The minimum absolute atomic E-state index is 0.176. The van der Waals surface area contributed by atoms with E-state index in [9.17, 15) is 23.2 Å². The smallest absolute Gasteiger partial charge is 0.258 e. The van der Waals surface area contributed by atoms with Gasteiger partial charge in [0.1, 0.15) is 17.7 Å². The number of ether oxygens (including phenoxy) is 1. The number of rotatable bonds is 13. The van der Waals surface area contributed by atoms with Gasteiger partial charge in [0.05, 0.1) is 11.1 Å². The number of benzene rings is 4. The number of H-pyrrole nitrogens is 1. The number of halogens is 2. The number of aromatic nitrogens is 3. The Morgan fingerprint density at radius 3 is 2.44 bits per heavy atom. The van der Waals surface area contributed by atoms with Crippen molar-refractivity contribution in [2.45, 2.75) is 63.5 Å². The van der Waals surface area contributed by atoms with Crippen LogP contribution in [0, 0.1) is 11.6 Å². The maximum Gasteiger partial charge on any atom is 0.258 e. The molecule has 3 aliphatic rings. The van der Waals surface area contributed by atoms with E-state index in [0.29, 0.717) is 54.8 Å². The zero-order chi connectivity index (χ0) is 41.9. The van der Waals surface area contributed by atoms with Gasteiger partial charge < -0.3 is 24.8 Å². The van der Waals surface area contributed by atoms with Crippen LogP contribution in [0.15, 0.2) is 85.1 Å². The van der Waals surface area contributed by atoms with Crippen LogP contribution in [-0.2, 0) is 27.2 Å². The normalized spacial score (nSPS) is 17.9. The molecule has 6 aromatic rings. The van der Waals surface area contributed by atoms with Gasteiger partial charge in [-0.2, -0.15) is 5.10 Å². The molecule has 5 heterocycles. The third-order valence-electron chi connectivity index (χ3n) is 12.3. The van der Waals surface area contributed by atoms with Crippen molar-refractivity contribution in [2.75, 3.05) is 61.5 Å². The Morgan fingerprint density at radius 1 is 0.836 bits per heavy atom. The lowest BCUT2D eigenvalue weighted by Crippen LogP contribution is -2.46. The summed E-state index contributed by atoms with van der Waals surface area (Å²) in [6, 6.07) is 23.5. The minimum atomic E-state index is -0.622. The molecular weight excluding hydrogens is 779 g/mol. The maximum absolute atomic E-state index is 14.0. The van der Waals surface area contributed by atoms with Gasteiger partial charge in [-0.05, 0) is 134 Å². The first-order valence-electron chi connectivity index (χ1n) is 21.3. The van der Waals surface area contributed by atoms with Crippen molar-refractivity contribution in [1.29, 1.82) is 0 Å². The number of nitrogens with zero attached hydrogens (tertiary/aromatic N) is 4. The number of carbonyl (C=O) groups excluding carboxylic acids is 3. The molecule has 9 rings (SSSR count). The molecule has 316 valence electrons. The number of fused-ring (bicyclic) bond motifs is 2. The molecule has 0 bridgehead atoms. The molecule has 1 unspecified atom stereocenters. The van der Waals surface area contributed by atoms with Crippen molar-refractivity contribution < 1.29 is 27.9 Å². The Bertz CT molecular complexity index is 2550. The fourth-order valence-corrected chi connectivity index (χ4v) is 8.98. The van der Waals surface area contributed by atoms with Crippen LogP contribution in [-0.4, -0.2) is 89.4 Å². The number of carbonyl (C=O) groups is 3. The Labute approximate surface area is 352 Å². The van der Waals surface area contributed by atoms with Crippen LogP contribution in [0.4, 0.5) is 26.0 Å². The summed E-state index contributed by atoms with van der Waals surface area (Å²) >= 11 is 0. The van der Waals surface area contributed by atoms with Gasteiger partial charge in [-0.25, -0.2) is 8.78 Å². The van der Waals surface area contributed by atoms with Crippen LogP contribution in [0.25, 0.3) is 21.8 Å². The Morgan fingerprint density at radius 2 is 1.64 bits per heavy atom. The lowest BCUT2D eigenvalue weighted by molar-refractivity contribution is -0.135. The SMILES string of the molecule is O=C1CCC(n2ccc3cc(CCCCN4CCN(c5ccc(C(=O)Nc6n[nH]c7ccc(Cc8cc(F)cc(F)c8)cc67)c(NC6CCOCC6)c5)CC4)ccc32)C(=O)N1.